The number of hydrogen-bond donors (Lipinski definition) is 2. The van der Waals surface area contributed by atoms with Gasteiger partial charge in [-0.15, -0.1) is 0 Å². The second-order valence-corrected chi connectivity index (χ2v) is 12.0. The number of aliphatic hydroxyl groups excluding tert-OH is 1. The summed E-state index contributed by atoms with van der Waals surface area (Å²) in [6, 6.07) is 14.1. The number of benzene rings is 2. The smallest absolute Gasteiger partial charge is 0.414 e. The molecule has 0 radical (unpaired) electrons. The Morgan fingerprint density at radius 2 is 1.93 bits per heavy atom. The number of aromatic nitrogens is 2. The molecule has 0 saturated carbocycles. The van der Waals surface area contributed by atoms with E-state index in [0.717, 1.165) is 31.6 Å². The molecule has 0 saturated heterocycles. The number of likely N-dealkylation sites (N-methyl/N-ethyl adjacent to an activating group) is 1. The van der Waals surface area contributed by atoms with E-state index in [1.165, 1.54) is 16.0 Å². The summed E-state index contributed by atoms with van der Waals surface area (Å²) in [5.74, 6) is 0.447. The molecule has 0 aliphatic carbocycles. The molecule has 40 heavy (non-hydrogen) atoms. The first-order chi connectivity index (χ1) is 19.0. The summed E-state index contributed by atoms with van der Waals surface area (Å²) in [5, 5.41) is 23.8. The second kappa shape index (κ2) is 10.5. The minimum Gasteiger partial charge on any atom is -0.443 e. The predicted octanol–water partition coefficient (Wildman–Crippen LogP) is 4.79. The molecule has 1 unspecified atom stereocenters. The van der Waals surface area contributed by atoms with Crippen molar-refractivity contribution in [2.24, 2.45) is 0 Å². The SMILES string of the molecule is CN1CCc2ccc(Nc3nccc(-c4cc(C#N)c5c(c4)C(C)(CO)CN5C(=O)OC(C)(C)C)n3)cc2CC1. The monoisotopic (exact) mass is 540 g/mol. The van der Waals surface area contributed by atoms with Crippen molar-refractivity contribution >= 4 is 23.4 Å². The van der Waals surface area contributed by atoms with Crippen LogP contribution in [0.1, 0.15) is 49.9 Å². The van der Waals surface area contributed by atoms with Gasteiger partial charge in [0.1, 0.15) is 11.7 Å². The average Bonchev–Trinajstić information content (AvgIpc) is 3.10. The van der Waals surface area contributed by atoms with Crippen molar-refractivity contribution in [3.05, 3.63) is 64.8 Å². The Hall–Kier alpha value is -4.00. The Bertz CT molecular complexity index is 1490. The zero-order valence-electron chi connectivity index (χ0n) is 23.8. The molecule has 1 aromatic heterocycles. The molecule has 208 valence electrons. The number of carbonyl (C=O) groups is 1. The highest BCUT2D eigenvalue weighted by Crippen LogP contribution is 2.45. The summed E-state index contributed by atoms with van der Waals surface area (Å²) in [5.41, 5.74) is 5.00. The van der Waals surface area contributed by atoms with Gasteiger partial charge >= 0.3 is 6.09 Å². The van der Waals surface area contributed by atoms with Crippen molar-refractivity contribution in [1.29, 1.82) is 5.26 Å². The molecule has 2 N–H and O–H groups in total. The van der Waals surface area contributed by atoms with Gasteiger partial charge in [-0.2, -0.15) is 5.26 Å². The lowest BCUT2D eigenvalue weighted by atomic mass is 9.83. The predicted molar refractivity (Wildman–Crippen MR) is 155 cm³/mol. The molecule has 5 rings (SSSR count). The van der Waals surface area contributed by atoms with Gasteiger partial charge in [0, 0.05) is 42.5 Å². The highest BCUT2D eigenvalue weighted by atomic mass is 16.6. The van der Waals surface area contributed by atoms with Crippen LogP contribution < -0.4 is 10.2 Å². The maximum Gasteiger partial charge on any atom is 0.414 e. The molecule has 2 aromatic carbocycles. The van der Waals surface area contributed by atoms with Crippen LogP contribution in [0, 0.1) is 11.3 Å². The normalized spacial score (nSPS) is 18.9. The van der Waals surface area contributed by atoms with Gasteiger partial charge in [0.25, 0.3) is 0 Å². The molecule has 9 heteroatoms. The number of aliphatic hydroxyl groups is 1. The van der Waals surface area contributed by atoms with Crippen molar-refractivity contribution in [1.82, 2.24) is 14.9 Å². The summed E-state index contributed by atoms with van der Waals surface area (Å²) < 4.78 is 5.61. The van der Waals surface area contributed by atoms with Gasteiger partial charge in [-0.05, 0) is 87.7 Å². The molecule has 0 fully saturated rings. The molecule has 1 atom stereocenters. The van der Waals surface area contributed by atoms with Crippen molar-refractivity contribution in [2.75, 3.05) is 43.5 Å². The maximum atomic E-state index is 13.1. The zero-order chi connectivity index (χ0) is 28.7. The fraction of sp³-hybridized carbons (Fsp3) is 0.419. The van der Waals surface area contributed by atoms with Crippen LogP contribution >= 0.6 is 0 Å². The van der Waals surface area contributed by atoms with Crippen LogP contribution in [0.3, 0.4) is 0 Å². The van der Waals surface area contributed by atoms with E-state index in [0.29, 0.717) is 34.0 Å². The number of hydrogen-bond acceptors (Lipinski definition) is 8. The summed E-state index contributed by atoms with van der Waals surface area (Å²) in [7, 11) is 2.15. The largest absolute Gasteiger partial charge is 0.443 e. The molecule has 3 aromatic rings. The van der Waals surface area contributed by atoms with E-state index >= 15 is 0 Å². The highest BCUT2D eigenvalue weighted by molar-refractivity contribution is 5.95. The van der Waals surface area contributed by atoms with E-state index in [4.69, 9.17) is 9.72 Å². The van der Waals surface area contributed by atoms with Gasteiger partial charge in [0.05, 0.1) is 23.6 Å². The van der Waals surface area contributed by atoms with Crippen LogP contribution in [0.5, 0.6) is 0 Å². The second-order valence-electron chi connectivity index (χ2n) is 12.0. The van der Waals surface area contributed by atoms with Crippen molar-refractivity contribution < 1.29 is 14.6 Å². The molecule has 9 nitrogen and oxygen atoms in total. The zero-order valence-corrected chi connectivity index (χ0v) is 23.8. The molecule has 2 aliphatic heterocycles. The lowest BCUT2D eigenvalue weighted by Crippen LogP contribution is -2.40. The average molecular weight is 541 g/mol. The van der Waals surface area contributed by atoms with E-state index in [-0.39, 0.29) is 13.2 Å². The summed E-state index contributed by atoms with van der Waals surface area (Å²) in [4.78, 5) is 26.1. The molecular formula is C31H36N6O3. The molecule has 1 amide bonds. The molecular weight excluding hydrogens is 504 g/mol. The van der Waals surface area contributed by atoms with Crippen LogP contribution in [0.4, 0.5) is 22.1 Å². The molecule has 0 spiro atoms. The van der Waals surface area contributed by atoms with Gasteiger partial charge in [0.2, 0.25) is 5.95 Å². The number of carbonyl (C=O) groups excluding carboxylic acids is 1. The van der Waals surface area contributed by atoms with E-state index in [9.17, 15) is 15.2 Å². The van der Waals surface area contributed by atoms with Crippen molar-refractivity contribution in [3.63, 3.8) is 0 Å². The summed E-state index contributed by atoms with van der Waals surface area (Å²) in [6.45, 7) is 9.37. The fourth-order valence-corrected chi connectivity index (χ4v) is 5.36. The van der Waals surface area contributed by atoms with Crippen molar-refractivity contribution in [3.8, 4) is 17.3 Å². The fourth-order valence-electron chi connectivity index (χ4n) is 5.36. The van der Waals surface area contributed by atoms with E-state index in [1.807, 2.05) is 13.0 Å². The highest BCUT2D eigenvalue weighted by Gasteiger charge is 2.44. The quantitative estimate of drug-likeness (QED) is 0.485. The van der Waals surface area contributed by atoms with Crippen LogP contribution in [0.2, 0.25) is 0 Å². The van der Waals surface area contributed by atoms with E-state index < -0.39 is 17.1 Å². The minimum atomic E-state index is -0.766. The Balaban J connectivity index is 1.48. The molecule has 3 heterocycles. The first-order valence-corrected chi connectivity index (χ1v) is 13.6. The number of amides is 1. The Morgan fingerprint density at radius 3 is 2.62 bits per heavy atom. The first kappa shape index (κ1) is 27.6. The van der Waals surface area contributed by atoms with E-state index in [1.54, 1.807) is 39.1 Å². The standard InChI is InChI=1S/C31H36N6O3/c1-30(2,3)40-29(39)37-18-31(4,19-38)25-16-22(14-23(17-32)27(25)37)26-8-11-33-28(35-26)34-24-7-6-20-9-12-36(5)13-10-21(20)15-24/h6-8,11,14-16,38H,9-10,12-13,18-19H2,1-5H3,(H,33,34,35). The first-order valence-electron chi connectivity index (χ1n) is 13.6. The van der Waals surface area contributed by atoms with Gasteiger partial charge < -0.3 is 20.1 Å². The van der Waals surface area contributed by atoms with E-state index in [2.05, 4.69) is 46.5 Å². The third-order valence-electron chi connectivity index (χ3n) is 7.56. The summed E-state index contributed by atoms with van der Waals surface area (Å²) >= 11 is 0. The number of nitrogens with one attached hydrogen (secondary N) is 1. The number of nitriles is 1. The van der Waals surface area contributed by atoms with Gasteiger partial charge in [0.15, 0.2) is 0 Å². The van der Waals surface area contributed by atoms with Crippen LogP contribution in [-0.2, 0) is 23.0 Å². The van der Waals surface area contributed by atoms with Gasteiger partial charge in [-0.25, -0.2) is 14.8 Å². The number of ether oxygens (including phenoxy) is 1. The summed E-state index contributed by atoms with van der Waals surface area (Å²) in [6.07, 6.45) is 3.17. The van der Waals surface area contributed by atoms with Crippen LogP contribution in [-0.4, -0.2) is 65.0 Å². The van der Waals surface area contributed by atoms with Gasteiger partial charge in [-0.1, -0.05) is 13.0 Å². The number of anilines is 3. The number of fused-ring (bicyclic) bond motifs is 2. The van der Waals surface area contributed by atoms with Gasteiger partial charge in [-0.3, -0.25) is 4.90 Å². The maximum absolute atomic E-state index is 13.1. The lowest BCUT2D eigenvalue weighted by molar-refractivity contribution is 0.0575. The lowest BCUT2D eigenvalue weighted by Gasteiger charge is -2.26. The Labute approximate surface area is 235 Å². The van der Waals surface area contributed by atoms with Crippen molar-refractivity contribution in [2.45, 2.75) is 51.6 Å². The van der Waals surface area contributed by atoms with Crippen LogP contribution in [0.15, 0.2) is 42.6 Å². The Kier molecular flexibility index (Phi) is 7.25. The molecule has 0 bridgehead atoms. The molecule has 2 aliphatic rings. The minimum absolute atomic E-state index is 0.196. The van der Waals surface area contributed by atoms with Crippen LogP contribution in [0.25, 0.3) is 11.3 Å². The third-order valence-corrected chi connectivity index (χ3v) is 7.56. The third kappa shape index (κ3) is 5.51. The number of rotatable bonds is 4. The topological polar surface area (TPSA) is 115 Å². The Morgan fingerprint density at radius 1 is 1.18 bits per heavy atom. The number of nitrogens with zero attached hydrogens (tertiary/aromatic N) is 5.